The smallest absolute Gasteiger partial charge is 0.0434 e. The Hall–Kier alpha value is -5.24. The van der Waals surface area contributed by atoms with E-state index in [2.05, 4.69) is 158 Å². The molecule has 0 radical (unpaired) electrons. The first-order valence-electron chi connectivity index (χ1n) is 14.8. The Kier molecular flexibility index (Phi) is 5.47. The van der Waals surface area contributed by atoms with Crippen LogP contribution in [0.1, 0.15) is 0 Å². The van der Waals surface area contributed by atoms with Crippen LogP contribution in [0.5, 0.6) is 0 Å². The summed E-state index contributed by atoms with van der Waals surface area (Å²) in [5, 5.41) is 10.5. The molecule has 43 heavy (non-hydrogen) atoms. The minimum atomic E-state index is 1.24. The van der Waals surface area contributed by atoms with Gasteiger partial charge in [0.15, 0.2) is 0 Å². The topological polar surface area (TPSA) is 0 Å². The van der Waals surface area contributed by atoms with Gasteiger partial charge < -0.3 is 0 Å². The van der Waals surface area contributed by atoms with Gasteiger partial charge in [0, 0.05) is 25.7 Å². The lowest BCUT2D eigenvalue weighted by Gasteiger charge is -2.13. The lowest BCUT2D eigenvalue weighted by Crippen LogP contribution is -1.86. The van der Waals surface area contributed by atoms with E-state index in [4.69, 9.17) is 0 Å². The van der Waals surface area contributed by atoms with Crippen molar-refractivity contribution in [3.05, 3.63) is 158 Å². The minimum absolute atomic E-state index is 1.24. The van der Waals surface area contributed by atoms with Crippen molar-refractivity contribution in [2.24, 2.45) is 0 Å². The van der Waals surface area contributed by atoms with Crippen molar-refractivity contribution in [3.63, 3.8) is 0 Å². The van der Waals surface area contributed by atoms with E-state index >= 15 is 0 Å². The van der Waals surface area contributed by atoms with E-state index < -0.39 is 0 Å². The molecule has 0 saturated heterocycles. The normalized spacial score (nSPS) is 11.7. The first-order valence-corrected chi connectivity index (χ1v) is 15.6. The van der Waals surface area contributed by atoms with Gasteiger partial charge in [-0.2, -0.15) is 0 Å². The fourth-order valence-electron chi connectivity index (χ4n) is 6.78. The molecule has 0 spiro atoms. The Balaban J connectivity index is 1.36. The highest BCUT2D eigenvalue weighted by molar-refractivity contribution is 7.26. The molecule has 9 rings (SSSR count). The maximum atomic E-state index is 2.42. The summed E-state index contributed by atoms with van der Waals surface area (Å²) in [4.78, 5) is 0. The summed E-state index contributed by atoms with van der Waals surface area (Å²) in [5.74, 6) is 0. The van der Waals surface area contributed by atoms with Crippen molar-refractivity contribution >= 4 is 63.8 Å². The molecule has 0 aliphatic rings. The molecule has 8 aromatic carbocycles. The SMILES string of the molecule is c1ccc(-c2ccc3sc4c(-c5ccc6c7ccccc7c7ccccc7c6c5)cc(-c5ccccc5)cc4c3c2)cc1. The van der Waals surface area contributed by atoms with Crippen molar-refractivity contribution in [2.45, 2.75) is 0 Å². The summed E-state index contributed by atoms with van der Waals surface area (Å²) in [5.41, 5.74) is 7.53. The van der Waals surface area contributed by atoms with Crippen LogP contribution in [0.15, 0.2) is 158 Å². The Morgan fingerprint density at radius 1 is 0.279 bits per heavy atom. The molecule has 1 heteroatoms. The second-order valence-electron chi connectivity index (χ2n) is 11.3. The third-order valence-corrected chi connectivity index (χ3v) is 10.1. The van der Waals surface area contributed by atoms with E-state index in [1.807, 2.05) is 11.3 Å². The zero-order valence-electron chi connectivity index (χ0n) is 23.4. The van der Waals surface area contributed by atoms with Crippen LogP contribution in [0.2, 0.25) is 0 Å². The highest BCUT2D eigenvalue weighted by atomic mass is 32.1. The summed E-state index contributed by atoms with van der Waals surface area (Å²) in [6, 6.07) is 57.9. The third kappa shape index (κ3) is 3.90. The van der Waals surface area contributed by atoms with Crippen LogP contribution in [-0.2, 0) is 0 Å². The Morgan fingerprint density at radius 3 is 1.42 bits per heavy atom. The number of thiophene rings is 1. The predicted molar refractivity (Wildman–Crippen MR) is 188 cm³/mol. The lowest BCUT2D eigenvalue weighted by atomic mass is 9.90. The number of fused-ring (bicyclic) bond motifs is 9. The van der Waals surface area contributed by atoms with Crippen molar-refractivity contribution < 1.29 is 0 Å². The van der Waals surface area contributed by atoms with Crippen LogP contribution in [-0.4, -0.2) is 0 Å². The molecule has 0 nitrogen and oxygen atoms in total. The Labute approximate surface area is 254 Å². The maximum Gasteiger partial charge on any atom is 0.0434 e. The van der Waals surface area contributed by atoms with Crippen LogP contribution in [0.3, 0.4) is 0 Å². The molecule has 0 N–H and O–H groups in total. The standard InChI is InChI=1S/C42H26S/c1-3-11-27(12-4-1)29-20-22-41-39(23-29)40-26-31(28-13-5-2-6-14-28)25-37(42(40)43-41)30-19-21-36-34-17-8-7-15-32(34)33-16-9-10-18-35(33)38(36)24-30/h1-26H. The molecule has 1 heterocycles. The number of hydrogen-bond donors (Lipinski definition) is 0. The van der Waals surface area contributed by atoms with Gasteiger partial charge in [-0.25, -0.2) is 0 Å². The molecule has 0 atom stereocenters. The molecular formula is C42H26S. The van der Waals surface area contributed by atoms with Crippen molar-refractivity contribution in [1.29, 1.82) is 0 Å². The van der Waals surface area contributed by atoms with Crippen LogP contribution in [0, 0.1) is 0 Å². The van der Waals surface area contributed by atoms with Gasteiger partial charge in [-0.1, -0.05) is 127 Å². The van der Waals surface area contributed by atoms with Crippen molar-refractivity contribution in [3.8, 4) is 33.4 Å². The summed E-state index contributed by atoms with van der Waals surface area (Å²) < 4.78 is 2.66. The van der Waals surface area contributed by atoms with E-state index in [0.29, 0.717) is 0 Å². The molecule has 0 amide bonds. The predicted octanol–water partition coefficient (Wildman–Crippen LogP) is 12.5. The third-order valence-electron chi connectivity index (χ3n) is 8.84. The van der Waals surface area contributed by atoms with E-state index in [0.717, 1.165) is 0 Å². The van der Waals surface area contributed by atoms with Gasteiger partial charge in [-0.05, 0) is 90.5 Å². The molecular weight excluding hydrogens is 537 g/mol. The lowest BCUT2D eigenvalue weighted by molar-refractivity contribution is 1.64. The molecule has 200 valence electrons. The fraction of sp³-hybridized carbons (Fsp3) is 0. The zero-order chi connectivity index (χ0) is 28.3. The average Bonchev–Trinajstić information content (AvgIpc) is 3.46. The summed E-state index contributed by atoms with van der Waals surface area (Å²) in [6.07, 6.45) is 0. The van der Waals surface area contributed by atoms with Crippen LogP contribution < -0.4 is 0 Å². The minimum Gasteiger partial charge on any atom is -0.135 e. The van der Waals surface area contributed by atoms with Gasteiger partial charge in [0.2, 0.25) is 0 Å². The number of hydrogen-bond acceptors (Lipinski definition) is 1. The van der Waals surface area contributed by atoms with Gasteiger partial charge in [0.1, 0.15) is 0 Å². The molecule has 0 saturated carbocycles. The first-order chi connectivity index (χ1) is 21.3. The van der Waals surface area contributed by atoms with Crippen LogP contribution in [0.4, 0.5) is 0 Å². The first kappa shape index (κ1) is 24.4. The van der Waals surface area contributed by atoms with Gasteiger partial charge in [0.05, 0.1) is 0 Å². The molecule has 0 aliphatic heterocycles. The van der Waals surface area contributed by atoms with Crippen molar-refractivity contribution in [2.75, 3.05) is 0 Å². The molecule has 9 aromatic rings. The highest BCUT2D eigenvalue weighted by Crippen LogP contribution is 2.45. The second-order valence-corrected chi connectivity index (χ2v) is 12.3. The van der Waals surface area contributed by atoms with Gasteiger partial charge in [-0.3, -0.25) is 0 Å². The number of benzene rings is 8. The number of rotatable bonds is 3. The summed E-state index contributed by atoms with van der Waals surface area (Å²) in [7, 11) is 0. The molecule has 0 aliphatic carbocycles. The molecule has 0 bridgehead atoms. The second kappa shape index (κ2) is 9.66. The van der Waals surface area contributed by atoms with Gasteiger partial charge in [0.25, 0.3) is 0 Å². The quantitative estimate of drug-likeness (QED) is 0.188. The van der Waals surface area contributed by atoms with Gasteiger partial charge >= 0.3 is 0 Å². The fourth-order valence-corrected chi connectivity index (χ4v) is 7.98. The maximum absolute atomic E-state index is 2.42. The molecule has 0 fully saturated rings. The molecule has 1 aromatic heterocycles. The van der Waals surface area contributed by atoms with E-state index in [1.165, 1.54) is 85.9 Å². The zero-order valence-corrected chi connectivity index (χ0v) is 24.2. The Bertz CT molecular complexity index is 2450. The summed E-state index contributed by atoms with van der Waals surface area (Å²) in [6.45, 7) is 0. The summed E-state index contributed by atoms with van der Waals surface area (Å²) >= 11 is 1.90. The molecule has 0 unspecified atom stereocenters. The Morgan fingerprint density at radius 2 is 0.767 bits per heavy atom. The van der Waals surface area contributed by atoms with Gasteiger partial charge in [-0.15, -0.1) is 11.3 Å². The van der Waals surface area contributed by atoms with E-state index in [1.54, 1.807) is 0 Å². The largest absolute Gasteiger partial charge is 0.135 e. The highest BCUT2D eigenvalue weighted by Gasteiger charge is 2.16. The van der Waals surface area contributed by atoms with E-state index in [-0.39, 0.29) is 0 Å². The van der Waals surface area contributed by atoms with Crippen LogP contribution >= 0.6 is 11.3 Å². The monoisotopic (exact) mass is 562 g/mol. The van der Waals surface area contributed by atoms with Crippen molar-refractivity contribution in [1.82, 2.24) is 0 Å². The average molecular weight is 563 g/mol. The van der Waals surface area contributed by atoms with E-state index in [9.17, 15) is 0 Å². The van der Waals surface area contributed by atoms with Crippen LogP contribution in [0.25, 0.3) is 85.9 Å².